The molecule has 0 spiro atoms. The molecule has 1 aromatic rings. The summed E-state index contributed by atoms with van der Waals surface area (Å²) in [4.78, 5) is 44.2. The number of carbonyl (C=O) groups excluding carboxylic acids is 2. The first-order valence-electron chi connectivity index (χ1n) is 12.8. The average Bonchev–Trinajstić information content (AvgIpc) is 2.80. The lowest BCUT2D eigenvalue weighted by Crippen LogP contribution is -2.52. The molecule has 206 valence electrons. The summed E-state index contributed by atoms with van der Waals surface area (Å²) in [6.07, 6.45) is 0.692. The van der Waals surface area contributed by atoms with Crippen LogP contribution in [0, 0.1) is 21.4 Å². The lowest BCUT2D eigenvalue weighted by Gasteiger charge is -2.38. The summed E-state index contributed by atoms with van der Waals surface area (Å²) in [7, 11) is 0. The Morgan fingerprint density at radius 2 is 1.54 bits per heavy atom. The zero-order chi connectivity index (χ0) is 28.6. The highest BCUT2D eigenvalue weighted by atomic mass is 16.6. The van der Waals surface area contributed by atoms with Crippen molar-refractivity contribution in [1.82, 2.24) is 4.90 Å². The van der Waals surface area contributed by atoms with Crippen LogP contribution in [0.4, 0.5) is 15.3 Å². The van der Waals surface area contributed by atoms with Crippen molar-refractivity contribution in [3.63, 3.8) is 0 Å². The van der Waals surface area contributed by atoms with Crippen molar-refractivity contribution in [1.29, 1.82) is 0 Å². The predicted octanol–water partition coefficient (Wildman–Crippen LogP) is 7.40. The summed E-state index contributed by atoms with van der Waals surface area (Å²) >= 11 is 0. The zero-order valence-corrected chi connectivity index (χ0v) is 24.2. The van der Waals surface area contributed by atoms with E-state index >= 15 is 0 Å². The number of hydrogen-bond donors (Lipinski definition) is 0. The summed E-state index contributed by atoms with van der Waals surface area (Å²) in [5.74, 6) is 0.136. The predicted molar refractivity (Wildman–Crippen MR) is 144 cm³/mol. The van der Waals surface area contributed by atoms with Gasteiger partial charge in [0.25, 0.3) is 5.69 Å². The van der Waals surface area contributed by atoms with E-state index in [1.807, 2.05) is 34.6 Å². The maximum Gasteiger partial charge on any atom is 0.425 e. The van der Waals surface area contributed by atoms with Crippen molar-refractivity contribution in [2.75, 3.05) is 0 Å². The molecule has 2 rings (SSSR count). The molecule has 1 aromatic carbocycles. The molecule has 0 heterocycles. The molecule has 1 aliphatic rings. The molecule has 0 saturated heterocycles. The highest BCUT2D eigenvalue weighted by molar-refractivity contribution is 6.10. The molecule has 0 unspecified atom stereocenters. The first kappa shape index (κ1) is 30.3. The number of aryl methyl sites for hydroxylation is 1. The molecule has 9 nitrogen and oxygen atoms in total. The number of nitro benzene ring substituents is 1. The molecule has 1 aliphatic carbocycles. The van der Waals surface area contributed by atoms with Crippen molar-refractivity contribution in [2.45, 2.75) is 112 Å². The Morgan fingerprint density at radius 1 is 1.03 bits per heavy atom. The van der Waals surface area contributed by atoms with Gasteiger partial charge in [-0.15, -0.1) is 0 Å². The minimum atomic E-state index is -0.956. The van der Waals surface area contributed by atoms with Gasteiger partial charge in [-0.2, -0.15) is 4.90 Å². The number of hydrogen-bond acceptors (Lipinski definition) is 7. The Labute approximate surface area is 220 Å². The van der Waals surface area contributed by atoms with E-state index in [4.69, 9.17) is 14.5 Å². The molecule has 0 saturated carbocycles. The lowest BCUT2D eigenvalue weighted by atomic mass is 9.78. The summed E-state index contributed by atoms with van der Waals surface area (Å²) in [5, 5.41) is 11.6. The molecule has 0 N–H and O–H groups in total. The third kappa shape index (κ3) is 7.52. The number of aliphatic imine (C=N–C) groups is 1. The van der Waals surface area contributed by atoms with Crippen molar-refractivity contribution < 1.29 is 24.0 Å². The third-order valence-corrected chi connectivity index (χ3v) is 6.27. The number of benzene rings is 1. The van der Waals surface area contributed by atoms with Crippen molar-refractivity contribution >= 4 is 23.7 Å². The van der Waals surface area contributed by atoms with Crippen LogP contribution in [0.15, 0.2) is 23.2 Å². The minimum Gasteiger partial charge on any atom is -0.443 e. The highest BCUT2D eigenvalue weighted by Gasteiger charge is 2.44. The second kappa shape index (κ2) is 10.4. The van der Waals surface area contributed by atoms with E-state index in [1.54, 1.807) is 53.7 Å². The fourth-order valence-electron chi connectivity index (χ4n) is 4.32. The molecule has 0 radical (unpaired) electrons. The fraction of sp³-hybridized carbons (Fsp3) is 0.679. The highest BCUT2D eigenvalue weighted by Crippen LogP contribution is 2.44. The summed E-state index contributed by atoms with van der Waals surface area (Å²) in [6, 6.07) is 4.87. The van der Waals surface area contributed by atoms with Gasteiger partial charge in [0.15, 0.2) is 0 Å². The SMILES string of the molecule is C[C@H]1CCCc2ccc([N+](=O)[O-])cc2[C@@]1(C)/N=C(/N(C(=O)OC(C)(C)C)C(=O)OC(C)(C)C)C(C)(C)C. The van der Waals surface area contributed by atoms with Gasteiger partial charge >= 0.3 is 12.2 Å². The van der Waals surface area contributed by atoms with E-state index in [0.717, 1.165) is 35.3 Å². The molecular weight excluding hydrogens is 474 g/mol. The quantitative estimate of drug-likeness (QED) is 0.133. The molecule has 0 aromatic heterocycles. The number of nitrogens with zero attached hydrogens (tertiary/aromatic N) is 3. The fourth-order valence-corrected chi connectivity index (χ4v) is 4.32. The van der Waals surface area contributed by atoms with Crippen LogP contribution in [0.25, 0.3) is 0 Å². The van der Waals surface area contributed by atoms with E-state index in [2.05, 4.69) is 0 Å². The van der Waals surface area contributed by atoms with Gasteiger partial charge in [0.05, 0.1) is 10.5 Å². The zero-order valence-electron chi connectivity index (χ0n) is 24.2. The molecule has 9 heteroatoms. The number of rotatable bonds is 2. The van der Waals surface area contributed by atoms with Crippen LogP contribution in [-0.4, -0.2) is 39.0 Å². The summed E-state index contributed by atoms with van der Waals surface area (Å²) in [5.41, 5.74) is -1.81. The standard InChI is InChI=1S/C28H43N3O6/c1-18-13-12-14-19-15-16-20(31(34)35)17-21(19)28(18,11)29-22(25(2,3)4)30(23(32)36-26(5,6)7)24(33)37-27(8,9)10/h15-18H,12-14H2,1-11H3/b29-22+/t18-,28-/m0/s1. The van der Waals surface area contributed by atoms with Crippen LogP contribution in [0.5, 0.6) is 0 Å². The van der Waals surface area contributed by atoms with Crippen LogP contribution >= 0.6 is 0 Å². The molecule has 0 fully saturated rings. The van der Waals surface area contributed by atoms with Gasteiger partial charge in [-0.3, -0.25) is 15.1 Å². The molecule has 0 aliphatic heterocycles. The largest absolute Gasteiger partial charge is 0.443 e. The van der Waals surface area contributed by atoms with E-state index in [9.17, 15) is 19.7 Å². The van der Waals surface area contributed by atoms with Gasteiger partial charge in [0, 0.05) is 17.5 Å². The van der Waals surface area contributed by atoms with Gasteiger partial charge in [-0.1, -0.05) is 33.8 Å². The second-order valence-electron chi connectivity index (χ2n) is 13.0. The maximum atomic E-state index is 13.5. The van der Waals surface area contributed by atoms with Crippen LogP contribution in [0.3, 0.4) is 0 Å². The van der Waals surface area contributed by atoms with E-state index in [0.29, 0.717) is 0 Å². The number of amidine groups is 1. The number of fused-ring (bicyclic) bond motifs is 1. The van der Waals surface area contributed by atoms with Gasteiger partial charge in [0.2, 0.25) is 0 Å². The normalized spacial score (nSPS) is 20.9. The maximum absolute atomic E-state index is 13.5. The first-order chi connectivity index (χ1) is 16.7. The number of imide groups is 1. The number of non-ortho nitro benzene ring substituents is 1. The summed E-state index contributed by atoms with van der Waals surface area (Å²) in [6.45, 7) is 19.8. The van der Waals surface area contributed by atoms with Crippen LogP contribution in [0.1, 0.15) is 100 Å². The topological polar surface area (TPSA) is 111 Å². The van der Waals surface area contributed by atoms with Crippen molar-refractivity contribution in [2.24, 2.45) is 16.3 Å². The van der Waals surface area contributed by atoms with E-state index in [-0.39, 0.29) is 17.4 Å². The molecule has 0 bridgehead atoms. The monoisotopic (exact) mass is 517 g/mol. The van der Waals surface area contributed by atoms with E-state index in [1.165, 1.54) is 6.07 Å². The first-order valence-corrected chi connectivity index (χ1v) is 12.8. The Kier molecular flexibility index (Phi) is 8.52. The molecule has 2 amide bonds. The van der Waals surface area contributed by atoms with Gasteiger partial charge in [0.1, 0.15) is 17.0 Å². The Balaban J connectivity index is 2.86. The van der Waals surface area contributed by atoms with Crippen molar-refractivity contribution in [3.8, 4) is 0 Å². The number of amides is 2. The molecule has 2 atom stereocenters. The Hall–Kier alpha value is -2.97. The third-order valence-electron chi connectivity index (χ3n) is 6.27. The Bertz CT molecular complexity index is 1050. The second-order valence-corrected chi connectivity index (χ2v) is 13.0. The van der Waals surface area contributed by atoms with Gasteiger partial charge in [-0.05, 0) is 84.8 Å². The number of nitro groups is 1. The van der Waals surface area contributed by atoms with Gasteiger partial charge in [-0.25, -0.2) is 9.59 Å². The molecule has 37 heavy (non-hydrogen) atoms. The Morgan fingerprint density at radius 3 is 1.97 bits per heavy atom. The van der Waals surface area contributed by atoms with Crippen LogP contribution in [-0.2, 0) is 21.4 Å². The summed E-state index contributed by atoms with van der Waals surface area (Å²) < 4.78 is 11.2. The lowest BCUT2D eigenvalue weighted by molar-refractivity contribution is -0.385. The van der Waals surface area contributed by atoms with Crippen LogP contribution in [0.2, 0.25) is 0 Å². The van der Waals surface area contributed by atoms with Crippen molar-refractivity contribution in [3.05, 3.63) is 39.4 Å². The number of ether oxygens (including phenoxy) is 2. The van der Waals surface area contributed by atoms with Gasteiger partial charge < -0.3 is 9.47 Å². The minimum absolute atomic E-state index is 0.0253. The van der Waals surface area contributed by atoms with E-state index < -0.39 is 39.3 Å². The number of carbonyl (C=O) groups is 2. The van der Waals surface area contributed by atoms with Crippen LogP contribution < -0.4 is 0 Å². The molecular formula is C28H43N3O6. The average molecular weight is 518 g/mol. The smallest absolute Gasteiger partial charge is 0.425 e.